The molecule has 26 heavy (non-hydrogen) atoms. The second-order valence-electron chi connectivity index (χ2n) is 6.20. The van der Waals surface area contributed by atoms with Crippen molar-refractivity contribution < 1.29 is 13.9 Å². The van der Waals surface area contributed by atoms with Gasteiger partial charge < -0.3 is 9.64 Å². The minimum Gasteiger partial charge on any atom is -0.379 e. The van der Waals surface area contributed by atoms with Gasteiger partial charge in [-0.3, -0.25) is 9.69 Å². The number of nitrogens with zero attached hydrogens (tertiary/aromatic N) is 3. The molecule has 7 heteroatoms. The normalized spacial score (nSPS) is 15.5. The summed E-state index contributed by atoms with van der Waals surface area (Å²) in [5.41, 5.74) is 1.68. The van der Waals surface area contributed by atoms with Gasteiger partial charge >= 0.3 is 0 Å². The number of carbonyl (C=O) groups excluding carboxylic acids is 1. The van der Waals surface area contributed by atoms with Crippen LogP contribution in [0.3, 0.4) is 0 Å². The van der Waals surface area contributed by atoms with Crippen molar-refractivity contribution in [3.8, 4) is 0 Å². The molecule has 0 spiro atoms. The van der Waals surface area contributed by atoms with Crippen molar-refractivity contribution in [1.29, 1.82) is 0 Å². The quantitative estimate of drug-likeness (QED) is 0.729. The van der Waals surface area contributed by atoms with Crippen molar-refractivity contribution in [3.05, 3.63) is 57.8 Å². The van der Waals surface area contributed by atoms with E-state index in [4.69, 9.17) is 4.74 Å². The largest absolute Gasteiger partial charge is 0.379 e. The Hall–Kier alpha value is -2.09. The topological polar surface area (TPSA) is 45.7 Å². The first-order valence-electron chi connectivity index (χ1n) is 8.52. The van der Waals surface area contributed by atoms with Gasteiger partial charge in [0.15, 0.2) is 0 Å². The molecule has 0 radical (unpaired) electrons. The molecule has 138 valence electrons. The van der Waals surface area contributed by atoms with Gasteiger partial charge in [-0.15, -0.1) is 11.3 Å². The third-order valence-electron chi connectivity index (χ3n) is 4.13. The number of likely N-dealkylation sites (N-methyl/N-ethyl adjacent to an activating group) is 1. The standard InChI is InChI=1S/C19H22FN3O2S/c1-22(19(24)7-4-15-2-5-16(20)6-3-15)12-17-14-26-18(21-17)13-23-8-10-25-11-9-23/h2-7,14H,8-13H2,1H3/b7-4+. The Morgan fingerprint density at radius 3 is 2.81 bits per heavy atom. The molecule has 0 aliphatic carbocycles. The SMILES string of the molecule is CN(Cc1csc(CN2CCOCC2)n1)C(=O)/C=C/c1ccc(F)cc1. The Bertz CT molecular complexity index is 754. The summed E-state index contributed by atoms with van der Waals surface area (Å²) in [6, 6.07) is 6.02. The Kier molecular flexibility index (Phi) is 6.49. The number of amides is 1. The molecule has 2 aromatic rings. The number of morpholine rings is 1. The maximum atomic E-state index is 12.9. The van der Waals surface area contributed by atoms with Gasteiger partial charge in [0.05, 0.1) is 32.0 Å². The van der Waals surface area contributed by atoms with Crippen molar-refractivity contribution in [2.75, 3.05) is 33.4 Å². The van der Waals surface area contributed by atoms with Crippen LogP contribution in [0.4, 0.5) is 4.39 Å². The third kappa shape index (κ3) is 5.45. The zero-order valence-electron chi connectivity index (χ0n) is 14.7. The fraction of sp³-hybridized carbons (Fsp3) is 0.368. The number of hydrogen-bond acceptors (Lipinski definition) is 5. The van der Waals surface area contributed by atoms with Gasteiger partial charge in [0, 0.05) is 31.6 Å². The van der Waals surface area contributed by atoms with E-state index in [1.165, 1.54) is 18.2 Å². The molecule has 0 saturated carbocycles. The van der Waals surface area contributed by atoms with E-state index in [1.54, 1.807) is 41.5 Å². The highest BCUT2D eigenvalue weighted by Crippen LogP contribution is 2.15. The second-order valence-corrected chi connectivity index (χ2v) is 7.14. The molecule has 5 nitrogen and oxygen atoms in total. The van der Waals surface area contributed by atoms with E-state index < -0.39 is 0 Å². The van der Waals surface area contributed by atoms with Crippen LogP contribution in [0.1, 0.15) is 16.3 Å². The molecule has 1 aliphatic heterocycles. The van der Waals surface area contributed by atoms with Gasteiger partial charge in [-0.1, -0.05) is 12.1 Å². The zero-order chi connectivity index (χ0) is 18.4. The molecule has 0 unspecified atom stereocenters. The van der Waals surface area contributed by atoms with E-state index in [9.17, 15) is 9.18 Å². The Labute approximate surface area is 156 Å². The number of hydrogen-bond donors (Lipinski definition) is 0. The smallest absolute Gasteiger partial charge is 0.246 e. The Balaban J connectivity index is 1.51. The van der Waals surface area contributed by atoms with Gasteiger partial charge in [0.1, 0.15) is 10.8 Å². The van der Waals surface area contributed by atoms with Gasteiger partial charge in [0.2, 0.25) is 5.91 Å². The maximum absolute atomic E-state index is 12.9. The summed E-state index contributed by atoms with van der Waals surface area (Å²) < 4.78 is 18.2. The van der Waals surface area contributed by atoms with E-state index in [-0.39, 0.29) is 11.7 Å². The molecular weight excluding hydrogens is 353 g/mol. The molecule has 1 aliphatic rings. The predicted octanol–water partition coefficient (Wildman–Crippen LogP) is 2.79. The molecule has 1 aromatic heterocycles. The second kappa shape index (κ2) is 9.02. The fourth-order valence-electron chi connectivity index (χ4n) is 2.63. The van der Waals surface area contributed by atoms with Crippen LogP contribution in [0.2, 0.25) is 0 Å². The van der Waals surface area contributed by atoms with Crippen LogP contribution in [-0.2, 0) is 22.6 Å². The first-order valence-corrected chi connectivity index (χ1v) is 9.40. The van der Waals surface area contributed by atoms with Gasteiger partial charge in [0.25, 0.3) is 0 Å². The van der Waals surface area contributed by atoms with Gasteiger partial charge in [-0.05, 0) is 23.8 Å². The molecule has 1 fully saturated rings. The molecule has 0 bridgehead atoms. The molecule has 1 saturated heterocycles. The van der Waals surface area contributed by atoms with Crippen LogP contribution in [0.25, 0.3) is 6.08 Å². The summed E-state index contributed by atoms with van der Waals surface area (Å²) in [6.45, 7) is 4.71. The maximum Gasteiger partial charge on any atom is 0.246 e. The van der Waals surface area contributed by atoms with E-state index in [2.05, 4.69) is 9.88 Å². The lowest BCUT2D eigenvalue weighted by Gasteiger charge is -2.25. The molecule has 1 aromatic carbocycles. The number of benzene rings is 1. The fourth-order valence-corrected chi connectivity index (χ4v) is 3.46. The van der Waals surface area contributed by atoms with Crippen molar-refractivity contribution in [2.45, 2.75) is 13.1 Å². The molecule has 2 heterocycles. The molecule has 3 rings (SSSR count). The van der Waals surface area contributed by atoms with Gasteiger partial charge in [-0.2, -0.15) is 0 Å². The van der Waals surface area contributed by atoms with E-state index in [0.29, 0.717) is 6.54 Å². The summed E-state index contributed by atoms with van der Waals surface area (Å²) >= 11 is 1.62. The number of rotatable bonds is 6. The van der Waals surface area contributed by atoms with Crippen LogP contribution in [0.5, 0.6) is 0 Å². The number of ether oxygens (including phenoxy) is 1. The highest BCUT2D eigenvalue weighted by atomic mass is 32.1. The summed E-state index contributed by atoms with van der Waals surface area (Å²) in [5.74, 6) is -0.404. The van der Waals surface area contributed by atoms with Crippen molar-refractivity contribution in [1.82, 2.24) is 14.8 Å². The van der Waals surface area contributed by atoms with Crippen molar-refractivity contribution in [2.24, 2.45) is 0 Å². The number of halogens is 1. The summed E-state index contributed by atoms with van der Waals surface area (Å²) in [5, 5.41) is 3.06. The average Bonchev–Trinajstić information content (AvgIpc) is 3.08. The Morgan fingerprint density at radius 1 is 1.35 bits per heavy atom. The minimum atomic E-state index is -0.290. The molecule has 0 atom stereocenters. The first kappa shape index (κ1) is 18.7. The highest BCUT2D eigenvalue weighted by molar-refractivity contribution is 7.09. The van der Waals surface area contributed by atoms with Crippen molar-refractivity contribution >= 4 is 23.3 Å². The average molecular weight is 375 g/mol. The van der Waals surface area contributed by atoms with E-state index in [0.717, 1.165) is 49.1 Å². The van der Waals surface area contributed by atoms with Crippen LogP contribution < -0.4 is 0 Å². The van der Waals surface area contributed by atoms with Crippen molar-refractivity contribution in [3.63, 3.8) is 0 Å². The summed E-state index contributed by atoms with van der Waals surface area (Å²) in [7, 11) is 1.75. The van der Waals surface area contributed by atoms with Crippen LogP contribution in [-0.4, -0.2) is 54.0 Å². The highest BCUT2D eigenvalue weighted by Gasteiger charge is 2.14. The lowest BCUT2D eigenvalue weighted by atomic mass is 10.2. The Morgan fingerprint density at radius 2 is 2.08 bits per heavy atom. The lowest BCUT2D eigenvalue weighted by Crippen LogP contribution is -2.35. The van der Waals surface area contributed by atoms with Crippen LogP contribution in [0, 0.1) is 5.82 Å². The number of carbonyl (C=O) groups is 1. The van der Waals surface area contributed by atoms with Crippen LogP contribution in [0.15, 0.2) is 35.7 Å². The lowest BCUT2D eigenvalue weighted by molar-refractivity contribution is -0.125. The summed E-state index contributed by atoms with van der Waals surface area (Å²) in [4.78, 5) is 20.8. The van der Waals surface area contributed by atoms with Crippen LogP contribution >= 0.6 is 11.3 Å². The number of thiazole rings is 1. The number of aromatic nitrogens is 1. The van der Waals surface area contributed by atoms with Gasteiger partial charge in [-0.25, -0.2) is 9.37 Å². The first-order chi connectivity index (χ1) is 12.6. The molecule has 1 amide bonds. The molecule has 0 N–H and O–H groups in total. The third-order valence-corrected chi connectivity index (χ3v) is 5.01. The molecular formula is C19H22FN3O2S. The van der Waals surface area contributed by atoms with E-state index >= 15 is 0 Å². The summed E-state index contributed by atoms with van der Waals surface area (Å²) in [6.07, 6.45) is 3.18. The predicted molar refractivity (Wildman–Crippen MR) is 100 cm³/mol. The minimum absolute atomic E-state index is 0.114. The van der Waals surface area contributed by atoms with E-state index in [1.807, 2.05) is 5.38 Å². The monoisotopic (exact) mass is 375 g/mol. The zero-order valence-corrected chi connectivity index (χ0v) is 15.5.